The number of methoxy groups -OCH3 is 1. The molecule has 0 fully saturated rings. The van der Waals surface area contributed by atoms with Gasteiger partial charge in [-0.1, -0.05) is 63.3 Å². The van der Waals surface area contributed by atoms with Crippen LogP contribution in [0.2, 0.25) is 0 Å². The number of rotatable bonds is 17. The van der Waals surface area contributed by atoms with Crippen molar-refractivity contribution in [3.05, 3.63) is 53.6 Å². The molecule has 10 heteroatoms. The Morgan fingerprint density at radius 2 is 1.60 bits per heavy atom. The van der Waals surface area contributed by atoms with Crippen LogP contribution in [0.1, 0.15) is 63.0 Å². The van der Waals surface area contributed by atoms with Crippen molar-refractivity contribution in [1.82, 2.24) is 10.2 Å². The number of carbonyl (C=O) groups is 4. The molecule has 2 aromatic carbocycles. The standard InChI is InChI=1S/C30H42N4O6/c1-4-5-6-7-8-11-17-34(18-16-29(37)38)28(36)21-31-27(35)20-23-14-15-25(26(19-23)40-3)33-30(39)32-24-13-10-9-12-22(24)2/h9-10,12-15,19H,4-8,11,16-18,20-21H2,1-3H3,(H,31,35)(H,37,38)(H2,32,33,39). The second-order valence-corrected chi connectivity index (χ2v) is 9.67. The van der Waals surface area contributed by atoms with Crippen LogP contribution >= 0.6 is 0 Å². The van der Waals surface area contributed by atoms with Crippen molar-refractivity contribution in [2.45, 2.75) is 65.2 Å². The van der Waals surface area contributed by atoms with E-state index in [0.29, 0.717) is 29.2 Å². The average molecular weight is 555 g/mol. The van der Waals surface area contributed by atoms with Crippen LogP contribution in [0, 0.1) is 6.92 Å². The van der Waals surface area contributed by atoms with Crippen LogP contribution < -0.4 is 20.7 Å². The maximum atomic E-state index is 12.7. The fourth-order valence-corrected chi connectivity index (χ4v) is 4.15. The number of benzene rings is 2. The smallest absolute Gasteiger partial charge is 0.323 e. The zero-order chi connectivity index (χ0) is 29.3. The number of carboxylic acid groups (broad SMARTS) is 1. The second-order valence-electron chi connectivity index (χ2n) is 9.67. The summed E-state index contributed by atoms with van der Waals surface area (Å²) in [7, 11) is 1.47. The van der Waals surface area contributed by atoms with Gasteiger partial charge in [0.15, 0.2) is 0 Å². The van der Waals surface area contributed by atoms with E-state index in [-0.39, 0.29) is 37.7 Å². The van der Waals surface area contributed by atoms with E-state index >= 15 is 0 Å². The van der Waals surface area contributed by atoms with Gasteiger partial charge < -0.3 is 30.7 Å². The van der Waals surface area contributed by atoms with Gasteiger partial charge in [0, 0.05) is 18.8 Å². The predicted molar refractivity (Wildman–Crippen MR) is 156 cm³/mol. The summed E-state index contributed by atoms with van der Waals surface area (Å²) < 4.78 is 5.40. The highest BCUT2D eigenvalue weighted by atomic mass is 16.5. The Morgan fingerprint density at radius 3 is 2.30 bits per heavy atom. The minimum Gasteiger partial charge on any atom is -0.495 e. The van der Waals surface area contributed by atoms with Crippen molar-refractivity contribution in [1.29, 1.82) is 0 Å². The number of aliphatic carboxylic acids is 1. The van der Waals surface area contributed by atoms with Crippen LogP contribution in [-0.4, -0.2) is 60.6 Å². The number of para-hydroxylation sites is 1. The quantitative estimate of drug-likeness (QED) is 0.204. The van der Waals surface area contributed by atoms with Crippen LogP contribution in [0.5, 0.6) is 5.75 Å². The molecule has 40 heavy (non-hydrogen) atoms. The van der Waals surface area contributed by atoms with Gasteiger partial charge in [0.05, 0.1) is 32.2 Å². The van der Waals surface area contributed by atoms with Gasteiger partial charge in [-0.3, -0.25) is 14.4 Å². The number of urea groups is 1. The van der Waals surface area contributed by atoms with Gasteiger partial charge in [-0.05, 0) is 42.7 Å². The third kappa shape index (κ3) is 11.8. The third-order valence-corrected chi connectivity index (χ3v) is 6.44. The number of anilines is 2. The van der Waals surface area contributed by atoms with E-state index in [0.717, 1.165) is 37.7 Å². The molecule has 0 aliphatic rings. The van der Waals surface area contributed by atoms with Gasteiger partial charge in [-0.15, -0.1) is 0 Å². The van der Waals surface area contributed by atoms with Crippen LogP contribution in [0.15, 0.2) is 42.5 Å². The van der Waals surface area contributed by atoms with Crippen LogP contribution in [0.3, 0.4) is 0 Å². The molecule has 4 amide bonds. The number of ether oxygens (including phenoxy) is 1. The molecule has 0 atom stereocenters. The molecular formula is C30H42N4O6. The van der Waals surface area contributed by atoms with Crippen molar-refractivity contribution in [3.63, 3.8) is 0 Å². The number of aryl methyl sites for hydroxylation is 1. The monoisotopic (exact) mass is 554 g/mol. The number of carboxylic acids is 1. The van der Waals surface area contributed by atoms with Crippen LogP contribution in [0.25, 0.3) is 0 Å². The molecule has 0 bridgehead atoms. The molecule has 4 N–H and O–H groups in total. The Hall–Kier alpha value is -4.08. The fraction of sp³-hybridized carbons (Fsp3) is 0.467. The molecule has 0 spiro atoms. The fourth-order valence-electron chi connectivity index (χ4n) is 4.15. The van der Waals surface area contributed by atoms with E-state index in [1.807, 2.05) is 25.1 Å². The molecule has 0 unspecified atom stereocenters. The average Bonchev–Trinajstić information content (AvgIpc) is 2.92. The van der Waals surface area contributed by atoms with Crippen molar-refractivity contribution in [3.8, 4) is 5.75 Å². The Morgan fingerprint density at radius 1 is 0.900 bits per heavy atom. The van der Waals surface area contributed by atoms with Gasteiger partial charge in [0.25, 0.3) is 0 Å². The van der Waals surface area contributed by atoms with Gasteiger partial charge in [-0.25, -0.2) is 4.79 Å². The summed E-state index contributed by atoms with van der Waals surface area (Å²) in [5.74, 6) is -1.24. The van der Waals surface area contributed by atoms with Crippen LogP contribution in [-0.2, 0) is 20.8 Å². The Bertz CT molecular complexity index is 1140. The molecule has 0 aromatic heterocycles. The largest absolute Gasteiger partial charge is 0.495 e. The normalized spacial score (nSPS) is 10.5. The molecule has 0 radical (unpaired) electrons. The molecule has 218 valence electrons. The minimum atomic E-state index is -0.968. The molecule has 2 aromatic rings. The number of nitrogens with one attached hydrogen (secondary N) is 3. The number of hydrogen-bond acceptors (Lipinski definition) is 5. The van der Waals surface area contributed by atoms with E-state index in [4.69, 9.17) is 9.84 Å². The van der Waals surface area contributed by atoms with Gasteiger partial charge in [0.2, 0.25) is 11.8 Å². The molecule has 2 rings (SSSR count). The summed E-state index contributed by atoms with van der Waals surface area (Å²) in [6.45, 7) is 4.42. The van der Waals surface area contributed by atoms with Gasteiger partial charge in [-0.2, -0.15) is 0 Å². The van der Waals surface area contributed by atoms with Crippen molar-refractivity contribution in [2.24, 2.45) is 0 Å². The topological polar surface area (TPSA) is 137 Å². The van der Waals surface area contributed by atoms with Gasteiger partial charge in [0.1, 0.15) is 5.75 Å². The van der Waals surface area contributed by atoms with E-state index in [2.05, 4.69) is 22.9 Å². The van der Waals surface area contributed by atoms with E-state index in [1.165, 1.54) is 18.4 Å². The SMILES string of the molecule is CCCCCCCCN(CCC(=O)O)C(=O)CNC(=O)Cc1ccc(NC(=O)Nc2ccccc2C)c(OC)c1. The summed E-state index contributed by atoms with van der Waals surface area (Å²) in [5, 5.41) is 17.2. The summed E-state index contributed by atoms with van der Waals surface area (Å²) >= 11 is 0. The van der Waals surface area contributed by atoms with E-state index in [1.54, 1.807) is 24.3 Å². The Kier molecular flexibility index (Phi) is 14.1. The molecule has 0 saturated heterocycles. The Balaban J connectivity index is 1.88. The van der Waals surface area contributed by atoms with Crippen LogP contribution in [0.4, 0.5) is 16.2 Å². The summed E-state index contributed by atoms with van der Waals surface area (Å²) in [5.41, 5.74) is 2.70. The lowest BCUT2D eigenvalue weighted by molar-refractivity contribution is -0.139. The second kappa shape index (κ2) is 17.5. The zero-order valence-corrected chi connectivity index (χ0v) is 23.8. The molecule has 10 nitrogen and oxygen atoms in total. The lowest BCUT2D eigenvalue weighted by Crippen LogP contribution is -2.42. The predicted octanol–water partition coefficient (Wildman–Crippen LogP) is 4.97. The minimum absolute atomic E-state index is 0.00583. The van der Waals surface area contributed by atoms with Gasteiger partial charge >= 0.3 is 12.0 Å². The first-order valence-electron chi connectivity index (χ1n) is 13.8. The van der Waals surface area contributed by atoms with Crippen molar-refractivity contribution < 1.29 is 29.0 Å². The Labute approximate surface area is 236 Å². The molecule has 0 heterocycles. The number of unbranched alkanes of at least 4 members (excludes halogenated alkanes) is 5. The zero-order valence-electron chi connectivity index (χ0n) is 23.8. The number of carbonyl (C=O) groups excluding carboxylic acids is 3. The van der Waals surface area contributed by atoms with Crippen molar-refractivity contribution in [2.75, 3.05) is 37.4 Å². The first kappa shape index (κ1) is 32.1. The summed E-state index contributed by atoms with van der Waals surface area (Å²) in [6, 6.07) is 12.0. The maximum absolute atomic E-state index is 12.7. The maximum Gasteiger partial charge on any atom is 0.323 e. The van der Waals surface area contributed by atoms with E-state index in [9.17, 15) is 19.2 Å². The molecule has 0 aliphatic carbocycles. The highest BCUT2D eigenvalue weighted by molar-refractivity contribution is 6.01. The number of nitrogens with zero attached hydrogens (tertiary/aromatic N) is 1. The number of amides is 4. The molecular weight excluding hydrogens is 512 g/mol. The third-order valence-electron chi connectivity index (χ3n) is 6.44. The highest BCUT2D eigenvalue weighted by Gasteiger charge is 2.16. The molecule has 0 aliphatic heterocycles. The highest BCUT2D eigenvalue weighted by Crippen LogP contribution is 2.26. The van der Waals surface area contributed by atoms with E-state index < -0.39 is 12.0 Å². The first-order valence-corrected chi connectivity index (χ1v) is 13.8. The molecule has 0 saturated carbocycles. The number of hydrogen-bond donors (Lipinski definition) is 4. The summed E-state index contributed by atoms with van der Waals surface area (Å²) in [6.07, 6.45) is 6.21. The lowest BCUT2D eigenvalue weighted by Gasteiger charge is -2.22. The van der Waals surface area contributed by atoms with Crippen molar-refractivity contribution >= 4 is 35.2 Å². The lowest BCUT2D eigenvalue weighted by atomic mass is 10.1. The first-order chi connectivity index (χ1) is 19.2. The summed E-state index contributed by atoms with van der Waals surface area (Å²) in [4.78, 5) is 50.3.